The van der Waals surface area contributed by atoms with Gasteiger partial charge >= 0.3 is 0 Å². The molecule has 1 aromatic carbocycles. The number of hydrogen-bond donors (Lipinski definition) is 0. The van der Waals surface area contributed by atoms with Crippen molar-refractivity contribution in [3.05, 3.63) is 61.2 Å². The first-order valence-corrected chi connectivity index (χ1v) is 12.7. The number of hydrogen-bond acceptors (Lipinski definition) is 6. The van der Waals surface area contributed by atoms with Crippen molar-refractivity contribution in [3.8, 4) is 34.0 Å². The largest absolute Gasteiger partial charge is 0.354 e. The molecule has 1 aliphatic rings. The zero-order valence-corrected chi connectivity index (χ0v) is 21.3. The first-order chi connectivity index (χ1) is 18.0. The maximum Gasteiger partial charge on any atom is 0.218 e. The van der Waals surface area contributed by atoms with Crippen LogP contribution in [-0.4, -0.2) is 53.3 Å². The average Bonchev–Trinajstić information content (AvgIpc) is 3.69. The molecule has 4 aromatic heterocycles. The van der Waals surface area contributed by atoms with Crippen molar-refractivity contribution in [1.29, 1.82) is 0 Å². The van der Waals surface area contributed by atoms with Gasteiger partial charge in [0.25, 0.3) is 0 Å². The van der Waals surface area contributed by atoms with E-state index in [9.17, 15) is 4.79 Å². The molecule has 0 radical (unpaired) electrons. The molecule has 1 unspecified atom stereocenters. The van der Waals surface area contributed by atoms with Gasteiger partial charge in [-0.15, -0.1) is 5.10 Å². The van der Waals surface area contributed by atoms with E-state index < -0.39 is 0 Å². The number of aromatic nitrogens is 7. The Bertz CT molecular complexity index is 1560. The van der Waals surface area contributed by atoms with E-state index in [1.165, 1.54) is 0 Å². The lowest BCUT2D eigenvalue weighted by Crippen LogP contribution is -2.23. The van der Waals surface area contributed by atoms with Gasteiger partial charge in [0, 0.05) is 68.5 Å². The van der Waals surface area contributed by atoms with E-state index in [1.807, 2.05) is 51.4 Å². The summed E-state index contributed by atoms with van der Waals surface area (Å²) >= 11 is 0. The highest BCUT2D eigenvalue weighted by Crippen LogP contribution is 2.41. The minimum atomic E-state index is 0.260. The van der Waals surface area contributed by atoms with Crippen LogP contribution >= 0.6 is 0 Å². The molecule has 5 aromatic rings. The molecule has 0 spiro atoms. The van der Waals surface area contributed by atoms with Crippen molar-refractivity contribution in [2.24, 2.45) is 13.0 Å². The van der Waals surface area contributed by atoms with Crippen LogP contribution < -0.4 is 4.90 Å². The topological polar surface area (TPSA) is 86.1 Å². The van der Waals surface area contributed by atoms with Crippen LogP contribution in [0, 0.1) is 5.92 Å². The quantitative estimate of drug-likeness (QED) is 0.306. The van der Waals surface area contributed by atoms with Crippen molar-refractivity contribution < 1.29 is 4.79 Å². The van der Waals surface area contributed by atoms with E-state index in [2.05, 4.69) is 48.1 Å². The van der Waals surface area contributed by atoms with Gasteiger partial charge in [0.15, 0.2) is 11.6 Å². The van der Waals surface area contributed by atoms with Gasteiger partial charge < -0.3 is 14.3 Å². The molecule has 1 aliphatic heterocycles. The number of rotatable bonds is 7. The van der Waals surface area contributed by atoms with Crippen LogP contribution in [0.2, 0.25) is 0 Å². The number of aldehydes is 1. The molecule has 5 heterocycles. The monoisotopic (exact) mass is 494 g/mol. The summed E-state index contributed by atoms with van der Waals surface area (Å²) in [5, 5.41) is 9.84. The zero-order chi connectivity index (χ0) is 25.5. The fourth-order valence-corrected chi connectivity index (χ4v) is 5.17. The third-order valence-electron chi connectivity index (χ3n) is 7.12. The van der Waals surface area contributed by atoms with Gasteiger partial charge in [0.2, 0.25) is 5.82 Å². The highest BCUT2D eigenvalue weighted by Gasteiger charge is 2.29. The molecule has 9 nitrogen and oxygen atoms in total. The van der Waals surface area contributed by atoms with E-state index >= 15 is 0 Å². The normalized spacial score (nSPS) is 15.8. The number of carbonyl (C=O) groups is 1. The van der Waals surface area contributed by atoms with E-state index in [0.717, 1.165) is 59.5 Å². The molecule has 0 aliphatic carbocycles. The van der Waals surface area contributed by atoms with Gasteiger partial charge in [-0.1, -0.05) is 30.3 Å². The van der Waals surface area contributed by atoms with E-state index in [1.54, 1.807) is 6.20 Å². The van der Waals surface area contributed by atoms with E-state index in [4.69, 9.17) is 15.2 Å². The van der Waals surface area contributed by atoms with Crippen molar-refractivity contribution in [2.45, 2.75) is 32.7 Å². The molecule has 9 heteroatoms. The number of anilines is 1. The number of nitrogens with zero attached hydrogens (tertiary/aromatic N) is 8. The molecular weight excluding hydrogens is 464 g/mol. The number of benzene rings is 1. The lowest BCUT2D eigenvalue weighted by atomic mass is 10.0. The molecule has 0 saturated carbocycles. The summed E-state index contributed by atoms with van der Waals surface area (Å²) in [6.45, 7) is 5.86. The minimum Gasteiger partial charge on any atom is -0.354 e. The Morgan fingerprint density at radius 3 is 2.65 bits per heavy atom. The molecule has 0 bridgehead atoms. The molecule has 37 heavy (non-hydrogen) atoms. The van der Waals surface area contributed by atoms with Crippen LogP contribution in [0.25, 0.3) is 39.5 Å². The Morgan fingerprint density at radius 2 is 1.95 bits per heavy atom. The Kier molecular flexibility index (Phi) is 5.82. The van der Waals surface area contributed by atoms with Crippen molar-refractivity contribution in [1.82, 2.24) is 33.9 Å². The first-order valence-electron chi connectivity index (χ1n) is 12.7. The standard InChI is InChI=1S/C28H30N8O/c1-19(2)35-14-10-23(31-35)22-18-36-25(24(22)21-7-5-4-6-8-21)27(34-13-9-20(17-34)11-16-37)30-26(32-36)28-29-12-15-33(28)3/h4-8,10,12,14-16,18-20H,9,11,13,17H2,1-3H3. The van der Waals surface area contributed by atoms with E-state index in [-0.39, 0.29) is 6.04 Å². The molecule has 1 atom stereocenters. The highest BCUT2D eigenvalue weighted by molar-refractivity contribution is 5.98. The summed E-state index contributed by atoms with van der Waals surface area (Å²) in [5.41, 5.74) is 4.96. The van der Waals surface area contributed by atoms with Crippen molar-refractivity contribution in [2.75, 3.05) is 18.0 Å². The average molecular weight is 495 g/mol. The second-order valence-electron chi connectivity index (χ2n) is 9.98. The number of imidazole rings is 1. The summed E-state index contributed by atoms with van der Waals surface area (Å²) in [6.07, 6.45) is 10.3. The zero-order valence-electron chi connectivity index (χ0n) is 21.3. The van der Waals surface area contributed by atoms with Gasteiger partial charge in [0.1, 0.15) is 11.8 Å². The van der Waals surface area contributed by atoms with Gasteiger partial charge in [-0.3, -0.25) is 4.68 Å². The van der Waals surface area contributed by atoms with Crippen LogP contribution in [0.15, 0.2) is 61.2 Å². The van der Waals surface area contributed by atoms with Crippen LogP contribution in [0.4, 0.5) is 5.82 Å². The Hall–Kier alpha value is -4.27. The SMILES string of the molecule is CC(C)n1ccc(-c2cn3nc(-c4nccn4C)nc(N4CCC(CC=O)C4)c3c2-c2ccccc2)n1. The lowest BCUT2D eigenvalue weighted by molar-refractivity contribution is -0.108. The third-order valence-corrected chi connectivity index (χ3v) is 7.12. The summed E-state index contributed by atoms with van der Waals surface area (Å²) in [4.78, 5) is 23.2. The number of fused-ring (bicyclic) bond motifs is 1. The lowest BCUT2D eigenvalue weighted by Gasteiger charge is -2.20. The molecule has 0 amide bonds. The second-order valence-corrected chi connectivity index (χ2v) is 9.98. The Labute approximate surface area is 215 Å². The number of aryl methyl sites for hydroxylation is 1. The third kappa shape index (κ3) is 4.10. The molecule has 1 saturated heterocycles. The first kappa shape index (κ1) is 23.1. The molecule has 0 N–H and O–H groups in total. The summed E-state index contributed by atoms with van der Waals surface area (Å²) < 4.78 is 5.84. The second kappa shape index (κ2) is 9.31. The minimum absolute atomic E-state index is 0.260. The fraction of sp³-hybridized carbons (Fsp3) is 0.321. The van der Waals surface area contributed by atoms with Crippen LogP contribution in [-0.2, 0) is 11.8 Å². The molecule has 1 fully saturated rings. The van der Waals surface area contributed by atoms with Gasteiger partial charge in [-0.25, -0.2) is 14.5 Å². The van der Waals surface area contributed by atoms with E-state index in [0.29, 0.717) is 24.0 Å². The fourth-order valence-electron chi connectivity index (χ4n) is 5.17. The molecule has 6 rings (SSSR count). The highest BCUT2D eigenvalue weighted by atomic mass is 16.1. The van der Waals surface area contributed by atoms with Gasteiger partial charge in [-0.2, -0.15) is 5.10 Å². The van der Waals surface area contributed by atoms with Crippen molar-refractivity contribution in [3.63, 3.8) is 0 Å². The predicted molar refractivity (Wildman–Crippen MR) is 143 cm³/mol. The summed E-state index contributed by atoms with van der Waals surface area (Å²) in [6, 6.07) is 12.7. The summed E-state index contributed by atoms with van der Waals surface area (Å²) in [5.74, 6) is 2.44. The molecular formula is C28H30N8O. The van der Waals surface area contributed by atoms with Crippen LogP contribution in [0.3, 0.4) is 0 Å². The predicted octanol–water partition coefficient (Wildman–Crippen LogP) is 4.66. The summed E-state index contributed by atoms with van der Waals surface area (Å²) in [7, 11) is 1.95. The van der Waals surface area contributed by atoms with Crippen LogP contribution in [0.5, 0.6) is 0 Å². The number of carbonyl (C=O) groups excluding carboxylic acids is 1. The van der Waals surface area contributed by atoms with Crippen molar-refractivity contribution >= 4 is 17.6 Å². The van der Waals surface area contributed by atoms with Gasteiger partial charge in [0.05, 0.1) is 5.69 Å². The smallest absolute Gasteiger partial charge is 0.218 e. The van der Waals surface area contributed by atoms with Crippen LogP contribution in [0.1, 0.15) is 32.7 Å². The maximum atomic E-state index is 11.2. The molecule has 188 valence electrons. The Morgan fingerprint density at radius 1 is 1.11 bits per heavy atom. The Balaban J connectivity index is 1.63. The maximum absolute atomic E-state index is 11.2. The van der Waals surface area contributed by atoms with Gasteiger partial charge in [-0.05, 0) is 37.8 Å².